The van der Waals surface area contributed by atoms with Crippen molar-refractivity contribution in [2.45, 2.75) is 45.5 Å². The molecular formula is C28H31F3N2O5. The number of carbonyl (C=O) groups excluding carboxylic acids is 1. The summed E-state index contributed by atoms with van der Waals surface area (Å²) < 4.78 is 37.2. The maximum atomic E-state index is 12.7. The van der Waals surface area contributed by atoms with E-state index >= 15 is 0 Å². The highest BCUT2D eigenvalue weighted by atomic mass is 19.4. The lowest BCUT2D eigenvalue weighted by molar-refractivity contribution is -0.192. The van der Waals surface area contributed by atoms with Crippen LogP contribution in [0.5, 0.6) is 11.5 Å². The Morgan fingerprint density at radius 1 is 1.00 bits per heavy atom. The lowest BCUT2D eigenvalue weighted by atomic mass is 9.96. The summed E-state index contributed by atoms with van der Waals surface area (Å²) in [4.78, 5) is 21.6. The Morgan fingerprint density at radius 3 is 2.11 bits per heavy atom. The number of aliphatic carboxylic acids is 1. The number of carboxylic acid groups (broad SMARTS) is 1. The van der Waals surface area contributed by atoms with Gasteiger partial charge in [-0.15, -0.1) is 0 Å². The minimum absolute atomic E-state index is 0.220. The standard InChI is InChI=1S/C26H30N2O3.C2HF3O2/c1-17-11-22(29)12-18(2)23(17)15-24(27)26(30)28-16-21-14-20(9-10-25(21)31-3)13-19-7-5-4-6-8-19;3-2(4,5)1(6)7/h4-12,14,24,29H,13,15-16,27H2,1-3H3,(H,28,30);(H,6,7)/t24-;/m0./s1. The number of nitrogens with one attached hydrogen (secondary N) is 1. The van der Waals surface area contributed by atoms with Crippen LogP contribution in [0.25, 0.3) is 0 Å². The van der Waals surface area contributed by atoms with E-state index in [1.54, 1.807) is 19.2 Å². The van der Waals surface area contributed by atoms with Crippen LogP contribution in [0.1, 0.15) is 33.4 Å². The molecule has 38 heavy (non-hydrogen) atoms. The zero-order valence-corrected chi connectivity index (χ0v) is 21.3. The van der Waals surface area contributed by atoms with Gasteiger partial charge in [-0.05, 0) is 78.8 Å². The third-order valence-corrected chi connectivity index (χ3v) is 5.73. The summed E-state index contributed by atoms with van der Waals surface area (Å²) in [5.41, 5.74) is 12.3. The molecule has 3 aromatic rings. The van der Waals surface area contributed by atoms with Gasteiger partial charge in [0.2, 0.25) is 5.91 Å². The number of aryl methyl sites for hydroxylation is 2. The van der Waals surface area contributed by atoms with Crippen molar-refractivity contribution in [1.29, 1.82) is 0 Å². The van der Waals surface area contributed by atoms with Crippen LogP contribution in [-0.4, -0.2) is 41.4 Å². The van der Waals surface area contributed by atoms with Gasteiger partial charge in [-0.2, -0.15) is 13.2 Å². The van der Waals surface area contributed by atoms with E-state index in [1.165, 1.54) is 5.56 Å². The van der Waals surface area contributed by atoms with E-state index in [9.17, 15) is 23.1 Å². The smallest absolute Gasteiger partial charge is 0.490 e. The Hall–Kier alpha value is -4.05. The second kappa shape index (κ2) is 13.5. The quantitative estimate of drug-likeness (QED) is 0.341. The van der Waals surface area contributed by atoms with Gasteiger partial charge in [-0.25, -0.2) is 4.79 Å². The van der Waals surface area contributed by atoms with Gasteiger partial charge < -0.3 is 26.0 Å². The van der Waals surface area contributed by atoms with Crippen molar-refractivity contribution in [3.05, 3.63) is 94.0 Å². The highest BCUT2D eigenvalue weighted by Gasteiger charge is 2.38. The molecule has 3 rings (SSSR count). The number of aromatic hydroxyl groups is 1. The van der Waals surface area contributed by atoms with Crippen LogP contribution >= 0.6 is 0 Å². The lowest BCUT2D eigenvalue weighted by Gasteiger charge is -2.17. The van der Waals surface area contributed by atoms with Crippen molar-refractivity contribution in [3.63, 3.8) is 0 Å². The van der Waals surface area contributed by atoms with Crippen molar-refractivity contribution in [3.8, 4) is 11.5 Å². The number of nitrogens with two attached hydrogens (primary N) is 1. The zero-order valence-electron chi connectivity index (χ0n) is 21.3. The van der Waals surface area contributed by atoms with Crippen LogP contribution < -0.4 is 15.8 Å². The predicted octanol–water partition coefficient (Wildman–Crippen LogP) is 4.43. The van der Waals surface area contributed by atoms with Gasteiger partial charge in [0, 0.05) is 12.1 Å². The van der Waals surface area contributed by atoms with Crippen molar-refractivity contribution in [2.24, 2.45) is 5.73 Å². The molecule has 0 aliphatic carbocycles. The first-order chi connectivity index (χ1) is 17.8. The number of phenols is 1. The van der Waals surface area contributed by atoms with E-state index < -0.39 is 18.2 Å². The molecule has 5 N–H and O–H groups in total. The third-order valence-electron chi connectivity index (χ3n) is 5.73. The molecule has 0 saturated heterocycles. The van der Waals surface area contributed by atoms with Gasteiger partial charge in [0.1, 0.15) is 11.5 Å². The molecule has 3 aromatic carbocycles. The average Bonchev–Trinajstić information content (AvgIpc) is 2.85. The molecule has 0 saturated carbocycles. The largest absolute Gasteiger partial charge is 0.508 e. The monoisotopic (exact) mass is 532 g/mol. The summed E-state index contributed by atoms with van der Waals surface area (Å²) in [5, 5.41) is 19.8. The highest BCUT2D eigenvalue weighted by molar-refractivity contribution is 5.82. The van der Waals surface area contributed by atoms with Crippen LogP contribution in [0.2, 0.25) is 0 Å². The first kappa shape index (κ1) is 30.2. The SMILES string of the molecule is COc1ccc(Cc2ccccc2)cc1CNC(=O)[C@@H](N)Cc1c(C)cc(O)cc1C.O=C(O)C(F)(F)F. The van der Waals surface area contributed by atoms with Gasteiger partial charge >= 0.3 is 12.1 Å². The maximum Gasteiger partial charge on any atom is 0.490 e. The van der Waals surface area contributed by atoms with E-state index in [2.05, 4.69) is 23.5 Å². The number of phenolic OH excluding ortho intramolecular Hbond substituents is 1. The maximum absolute atomic E-state index is 12.7. The highest BCUT2D eigenvalue weighted by Crippen LogP contribution is 2.23. The summed E-state index contributed by atoms with van der Waals surface area (Å²) in [5.74, 6) is -2.02. The molecule has 0 spiro atoms. The Kier molecular flexibility index (Phi) is 10.7. The van der Waals surface area contributed by atoms with E-state index in [4.69, 9.17) is 20.4 Å². The van der Waals surface area contributed by atoms with Gasteiger partial charge in [-0.1, -0.05) is 36.4 Å². The number of hydrogen-bond acceptors (Lipinski definition) is 5. The molecule has 204 valence electrons. The van der Waals surface area contributed by atoms with Crippen LogP contribution in [0.3, 0.4) is 0 Å². The second-order valence-corrected chi connectivity index (χ2v) is 8.70. The number of carbonyl (C=O) groups is 2. The number of carboxylic acids is 1. The van der Waals surface area contributed by atoms with Gasteiger partial charge in [0.25, 0.3) is 0 Å². The number of ether oxygens (including phenoxy) is 1. The topological polar surface area (TPSA) is 122 Å². The first-order valence-electron chi connectivity index (χ1n) is 11.6. The molecule has 0 bridgehead atoms. The molecule has 1 atom stereocenters. The minimum Gasteiger partial charge on any atom is -0.508 e. The number of hydrogen-bond donors (Lipinski definition) is 4. The molecule has 0 unspecified atom stereocenters. The van der Waals surface area contributed by atoms with Crippen LogP contribution in [0.15, 0.2) is 60.7 Å². The fraction of sp³-hybridized carbons (Fsp3) is 0.286. The second-order valence-electron chi connectivity index (χ2n) is 8.70. The third kappa shape index (κ3) is 9.11. The van der Waals surface area contributed by atoms with E-state index in [-0.39, 0.29) is 11.7 Å². The minimum atomic E-state index is -5.08. The molecular weight excluding hydrogens is 501 g/mol. The number of rotatable bonds is 8. The summed E-state index contributed by atoms with van der Waals surface area (Å²) in [6.07, 6.45) is -3.86. The van der Waals surface area contributed by atoms with Crippen molar-refractivity contribution >= 4 is 11.9 Å². The zero-order chi connectivity index (χ0) is 28.5. The molecule has 0 aliphatic rings. The fourth-order valence-electron chi connectivity index (χ4n) is 3.83. The summed E-state index contributed by atoms with van der Waals surface area (Å²) in [6, 6.07) is 19.0. The first-order valence-corrected chi connectivity index (χ1v) is 11.6. The lowest BCUT2D eigenvalue weighted by Crippen LogP contribution is -2.42. The summed E-state index contributed by atoms with van der Waals surface area (Å²) in [7, 11) is 1.62. The Balaban J connectivity index is 0.000000638. The number of halogens is 3. The molecule has 1 amide bonds. The Morgan fingerprint density at radius 2 is 1.58 bits per heavy atom. The van der Waals surface area contributed by atoms with E-state index in [0.29, 0.717) is 13.0 Å². The van der Waals surface area contributed by atoms with Crippen molar-refractivity contribution in [1.82, 2.24) is 5.32 Å². The molecule has 7 nitrogen and oxygen atoms in total. The van der Waals surface area contributed by atoms with E-state index in [0.717, 1.165) is 40.0 Å². The predicted molar refractivity (Wildman–Crippen MR) is 137 cm³/mol. The molecule has 0 heterocycles. The normalized spacial score (nSPS) is 11.7. The van der Waals surface area contributed by atoms with Gasteiger partial charge in [-0.3, -0.25) is 4.79 Å². The van der Waals surface area contributed by atoms with Crippen LogP contribution in [-0.2, 0) is 29.0 Å². The number of amides is 1. The molecule has 0 radical (unpaired) electrons. The number of alkyl halides is 3. The van der Waals surface area contributed by atoms with Crippen LogP contribution in [0.4, 0.5) is 13.2 Å². The van der Waals surface area contributed by atoms with Gasteiger partial charge in [0.15, 0.2) is 0 Å². The van der Waals surface area contributed by atoms with Crippen molar-refractivity contribution in [2.75, 3.05) is 7.11 Å². The molecule has 0 aromatic heterocycles. The van der Waals surface area contributed by atoms with E-state index in [1.807, 2.05) is 44.2 Å². The van der Waals surface area contributed by atoms with Crippen molar-refractivity contribution < 1.29 is 37.7 Å². The Labute approximate surface area is 219 Å². The number of benzene rings is 3. The van der Waals surface area contributed by atoms with Crippen LogP contribution in [0, 0.1) is 13.8 Å². The Bertz CT molecular complexity index is 1220. The summed E-state index contributed by atoms with van der Waals surface area (Å²) in [6.45, 7) is 4.16. The molecule has 10 heteroatoms. The molecule has 0 aliphatic heterocycles. The summed E-state index contributed by atoms with van der Waals surface area (Å²) >= 11 is 0. The van der Waals surface area contributed by atoms with Gasteiger partial charge in [0.05, 0.1) is 13.2 Å². The average molecular weight is 533 g/mol. The number of methoxy groups -OCH3 is 1. The fourth-order valence-corrected chi connectivity index (χ4v) is 3.83. The molecule has 0 fully saturated rings.